The molecule has 5 nitrogen and oxygen atoms in total. The van der Waals surface area contributed by atoms with E-state index >= 15 is 0 Å². The van der Waals surface area contributed by atoms with Gasteiger partial charge in [-0.25, -0.2) is 4.79 Å². The molecule has 4 unspecified atom stereocenters. The quantitative estimate of drug-likeness (QED) is 0.729. The summed E-state index contributed by atoms with van der Waals surface area (Å²) in [5, 5.41) is 0. The van der Waals surface area contributed by atoms with Gasteiger partial charge >= 0.3 is 6.09 Å². The molecule has 1 aromatic carbocycles. The van der Waals surface area contributed by atoms with E-state index in [0.29, 0.717) is 5.92 Å². The first kappa shape index (κ1) is 15.1. The minimum absolute atomic E-state index is 0.0622. The van der Waals surface area contributed by atoms with Gasteiger partial charge in [-0.3, -0.25) is 9.80 Å². The lowest BCUT2D eigenvalue weighted by atomic mass is 9.78. The van der Waals surface area contributed by atoms with Crippen molar-refractivity contribution in [3.63, 3.8) is 0 Å². The normalized spacial score (nSPS) is 41.2. The van der Waals surface area contributed by atoms with Crippen LogP contribution < -0.4 is 9.64 Å². The van der Waals surface area contributed by atoms with Crippen molar-refractivity contribution in [2.75, 3.05) is 32.2 Å². The van der Waals surface area contributed by atoms with Crippen molar-refractivity contribution < 1.29 is 14.3 Å². The number of carbonyl (C=O) groups excluding carboxylic acids is 1. The Kier molecular flexibility index (Phi) is 2.58. The van der Waals surface area contributed by atoms with E-state index in [-0.39, 0.29) is 22.6 Å². The molecular formula is C21H24N2O3. The molecule has 3 fully saturated rings. The van der Waals surface area contributed by atoms with Gasteiger partial charge in [-0.15, -0.1) is 0 Å². The second-order valence-corrected chi connectivity index (χ2v) is 8.54. The first-order valence-electron chi connectivity index (χ1n) is 9.62. The van der Waals surface area contributed by atoms with Crippen LogP contribution in [0.5, 0.6) is 5.75 Å². The highest BCUT2D eigenvalue weighted by molar-refractivity contribution is 5.97. The predicted molar refractivity (Wildman–Crippen MR) is 97.7 cm³/mol. The van der Waals surface area contributed by atoms with Crippen molar-refractivity contribution in [1.29, 1.82) is 0 Å². The van der Waals surface area contributed by atoms with E-state index in [4.69, 9.17) is 9.47 Å². The molecule has 4 atom stereocenters. The van der Waals surface area contributed by atoms with Gasteiger partial charge in [-0.2, -0.15) is 0 Å². The summed E-state index contributed by atoms with van der Waals surface area (Å²) in [6.07, 6.45) is 8.99. The summed E-state index contributed by atoms with van der Waals surface area (Å²) < 4.78 is 10.8. The van der Waals surface area contributed by atoms with Crippen molar-refractivity contribution >= 4 is 11.8 Å². The number of benzene rings is 1. The fourth-order valence-corrected chi connectivity index (χ4v) is 7.20. The zero-order valence-electron chi connectivity index (χ0n) is 15.3. The zero-order valence-corrected chi connectivity index (χ0v) is 15.3. The third kappa shape index (κ3) is 1.34. The average Bonchev–Trinajstić information content (AvgIpc) is 2.97. The standard InChI is InChI=1S/C21H24N2O3/c1-25-14-4-5-16-15(12-14)20-9-11-22-10-3-6-19(22)7-8-21(20,17(20)13-19)23(16)18(24)26-2/h3-6,12,17H,7-11,13H2,1-2H3. The van der Waals surface area contributed by atoms with Crippen LogP contribution in [0.4, 0.5) is 10.5 Å². The number of hydrogen-bond acceptors (Lipinski definition) is 4. The lowest BCUT2D eigenvalue weighted by Crippen LogP contribution is -2.54. The molecule has 1 saturated heterocycles. The van der Waals surface area contributed by atoms with Crippen LogP contribution in [0.15, 0.2) is 30.4 Å². The third-order valence-corrected chi connectivity index (χ3v) is 8.20. The monoisotopic (exact) mass is 352 g/mol. The van der Waals surface area contributed by atoms with Gasteiger partial charge in [0.1, 0.15) is 5.75 Å². The van der Waals surface area contributed by atoms with Crippen molar-refractivity contribution in [3.05, 3.63) is 35.9 Å². The molecule has 5 aliphatic rings. The van der Waals surface area contributed by atoms with E-state index in [1.807, 2.05) is 17.0 Å². The lowest BCUT2D eigenvalue weighted by Gasteiger charge is -2.45. The second-order valence-electron chi connectivity index (χ2n) is 8.54. The number of carbonyl (C=O) groups is 1. The van der Waals surface area contributed by atoms with Crippen LogP contribution in [0.1, 0.15) is 31.2 Å². The summed E-state index contributed by atoms with van der Waals surface area (Å²) >= 11 is 0. The van der Waals surface area contributed by atoms with E-state index in [1.54, 1.807) is 7.11 Å². The molecule has 0 radical (unpaired) electrons. The topological polar surface area (TPSA) is 42.0 Å². The van der Waals surface area contributed by atoms with Crippen LogP contribution >= 0.6 is 0 Å². The number of hydrogen-bond donors (Lipinski definition) is 0. The van der Waals surface area contributed by atoms with Gasteiger partial charge < -0.3 is 9.47 Å². The highest BCUT2D eigenvalue weighted by Gasteiger charge is 2.86. The lowest BCUT2D eigenvalue weighted by molar-refractivity contribution is 0.104. The summed E-state index contributed by atoms with van der Waals surface area (Å²) in [4.78, 5) is 17.5. The fraction of sp³-hybridized carbons (Fsp3) is 0.571. The number of rotatable bonds is 1. The summed E-state index contributed by atoms with van der Waals surface area (Å²) in [6.45, 7) is 2.17. The molecule has 2 saturated carbocycles. The van der Waals surface area contributed by atoms with Gasteiger partial charge in [-0.05, 0) is 55.4 Å². The van der Waals surface area contributed by atoms with E-state index < -0.39 is 0 Å². The van der Waals surface area contributed by atoms with Crippen molar-refractivity contribution in [3.8, 4) is 5.75 Å². The van der Waals surface area contributed by atoms with Crippen LogP contribution in [0.3, 0.4) is 0 Å². The van der Waals surface area contributed by atoms with E-state index in [9.17, 15) is 4.79 Å². The third-order valence-electron chi connectivity index (χ3n) is 8.20. The van der Waals surface area contributed by atoms with E-state index in [1.165, 1.54) is 12.7 Å². The molecule has 2 aliphatic carbocycles. The van der Waals surface area contributed by atoms with Crippen molar-refractivity contribution in [2.24, 2.45) is 5.92 Å². The molecule has 3 spiro atoms. The minimum Gasteiger partial charge on any atom is -0.497 e. The van der Waals surface area contributed by atoms with Gasteiger partial charge in [0.25, 0.3) is 0 Å². The maximum absolute atomic E-state index is 12.8. The fourth-order valence-electron chi connectivity index (χ4n) is 7.20. The smallest absolute Gasteiger partial charge is 0.414 e. The van der Waals surface area contributed by atoms with Gasteiger partial charge in [0.05, 0.1) is 25.4 Å². The summed E-state index contributed by atoms with van der Waals surface area (Å²) in [6, 6.07) is 6.19. The molecule has 0 N–H and O–H groups in total. The van der Waals surface area contributed by atoms with E-state index in [0.717, 1.165) is 50.2 Å². The number of anilines is 1. The molecule has 0 aromatic heterocycles. The zero-order chi connectivity index (χ0) is 17.7. The van der Waals surface area contributed by atoms with Crippen LogP contribution in [0, 0.1) is 5.92 Å². The Hall–Kier alpha value is -2.01. The molecule has 2 bridgehead atoms. The number of nitrogens with zero attached hydrogens (tertiary/aromatic N) is 2. The second kappa shape index (κ2) is 4.45. The number of fused-ring (bicyclic) bond motifs is 1. The first-order valence-corrected chi connectivity index (χ1v) is 9.62. The van der Waals surface area contributed by atoms with E-state index in [2.05, 4.69) is 23.1 Å². The molecule has 6 rings (SSSR count). The summed E-state index contributed by atoms with van der Waals surface area (Å²) in [5.74, 6) is 1.39. The van der Waals surface area contributed by atoms with Crippen molar-refractivity contribution in [2.45, 2.75) is 42.2 Å². The van der Waals surface area contributed by atoms with Crippen LogP contribution in [-0.4, -0.2) is 49.4 Å². The van der Waals surface area contributed by atoms with Gasteiger partial charge in [-0.1, -0.05) is 12.2 Å². The maximum atomic E-state index is 12.8. The number of amides is 1. The Balaban J connectivity index is 1.57. The molecule has 3 heterocycles. The number of ether oxygens (including phenoxy) is 2. The minimum atomic E-state index is -0.212. The molecule has 3 aliphatic heterocycles. The molecule has 136 valence electrons. The Morgan fingerprint density at radius 1 is 1.23 bits per heavy atom. The molecule has 1 amide bonds. The molecule has 5 heteroatoms. The van der Waals surface area contributed by atoms with Gasteiger partial charge in [0.2, 0.25) is 0 Å². The van der Waals surface area contributed by atoms with Crippen LogP contribution in [0.25, 0.3) is 0 Å². The molecular weight excluding hydrogens is 328 g/mol. The largest absolute Gasteiger partial charge is 0.497 e. The Labute approximate surface area is 153 Å². The Morgan fingerprint density at radius 3 is 2.92 bits per heavy atom. The highest BCUT2D eigenvalue weighted by Crippen LogP contribution is 2.81. The average molecular weight is 352 g/mol. The number of methoxy groups -OCH3 is 2. The van der Waals surface area contributed by atoms with Gasteiger partial charge in [0, 0.05) is 24.0 Å². The molecule has 26 heavy (non-hydrogen) atoms. The Morgan fingerprint density at radius 2 is 2.12 bits per heavy atom. The summed E-state index contributed by atoms with van der Waals surface area (Å²) in [7, 11) is 3.21. The van der Waals surface area contributed by atoms with Gasteiger partial charge in [0.15, 0.2) is 0 Å². The Bertz CT molecular complexity index is 867. The van der Waals surface area contributed by atoms with Crippen molar-refractivity contribution in [1.82, 2.24) is 4.90 Å². The maximum Gasteiger partial charge on any atom is 0.414 e. The van der Waals surface area contributed by atoms with Crippen LogP contribution in [0.2, 0.25) is 0 Å². The molecule has 1 aromatic rings. The first-order chi connectivity index (χ1) is 12.6. The predicted octanol–water partition coefficient (Wildman–Crippen LogP) is 3.09. The summed E-state index contributed by atoms with van der Waals surface area (Å²) in [5.41, 5.74) is 2.51. The van der Waals surface area contributed by atoms with Crippen LogP contribution in [-0.2, 0) is 10.2 Å². The highest BCUT2D eigenvalue weighted by atomic mass is 16.5. The SMILES string of the molecule is COC(=O)N1c2ccc(OC)cc2C23CCN4CC=CC45CCC12C3C5.